The molecule has 100 valence electrons. The molecule has 19 heavy (non-hydrogen) atoms. The Hall–Kier alpha value is -1.80. The molecule has 2 nitrogen and oxygen atoms in total. The molecule has 0 bridgehead atoms. The van der Waals surface area contributed by atoms with Gasteiger partial charge >= 0.3 is 0 Å². The monoisotopic (exact) mass is 256 g/mol. The Morgan fingerprint density at radius 2 is 1.84 bits per heavy atom. The van der Waals surface area contributed by atoms with Gasteiger partial charge in [-0.15, -0.1) is 0 Å². The van der Waals surface area contributed by atoms with Gasteiger partial charge in [-0.2, -0.15) is 0 Å². The summed E-state index contributed by atoms with van der Waals surface area (Å²) in [6.07, 6.45) is 0.342. The molecule has 0 aliphatic heterocycles. The van der Waals surface area contributed by atoms with E-state index in [9.17, 15) is 5.11 Å². The quantitative estimate of drug-likeness (QED) is 0.875. The van der Waals surface area contributed by atoms with Crippen LogP contribution in [0.1, 0.15) is 36.1 Å². The first-order chi connectivity index (χ1) is 9.19. The summed E-state index contributed by atoms with van der Waals surface area (Å²) in [5.41, 5.74) is 3.34. The lowest BCUT2D eigenvalue weighted by Gasteiger charge is -2.10. The molecule has 2 aromatic carbocycles. The largest absolute Gasteiger partial charge is 0.489 e. The van der Waals surface area contributed by atoms with E-state index in [0.717, 1.165) is 23.3 Å². The number of aliphatic hydroxyl groups is 1. The van der Waals surface area contributed by atoms with E-state index < -0.39 is 0 Å². The molecule has 0 unspecified atom stereocenters. The van der Waals surface area contributed by atoms with Gasteiger partial charge in [-0.1, -0.05) is 48.9 Å². The molecule has 0 spiro atoms. The predicted octanol–water partition coefficient (Wildman–Crippen LogP) is 4.02. The van der Waals surface area contributed by atoms with E-state index in [0.29, 0.717) is 6.61 Å². The Kier molecular flexibility index (Phi) is 4.58. The number of rotatable bonds is 5. The highest BCUT2D eigenvalue weighted by molar-refractivity contribution is 5.29. The third-order valence-corrected chi connectivity index (χ3v) is 3.14. The highest BCUT2D eigenvalue weighted by Gasteiger charge is 2.04. The maximum absolute atomic E-state index is 9.72. The van der Waals surface area contributed by atoms with Crippen LogP contribution in [-0.4, -0.2) is 5.11 Å². The van der Waals surface area contributed by atoms with Crippen LogP contribution in [0.5, 0.6) is 5.75 Å². The summed E-state index contributed by atoms with van der Waals surface area (Å²) in [4.78, 5) is 0. The third-order valence-electron chi connectivity index (χ3n) is 3.14. The lowest BCUT2D eigenvalue weighted by molar-refractivity contribution is 0.173. The van der Waals surface area contributed by atoms with Crippen LogP contribution >= 0.6 is 0 Å². The van der Waals surface area contributed by atoms with Crippen molar-refractivity contribution in [1.29, 1.82) is 0 Å². The fourth-order valence-electron chi connectivity index (χ4n) is 1.99. The first kappa shape index (κ1) is 13.6. The molecule has 2 aromatic rings. The average molecular weight is 256 g/mol. The van der Waals surface area contributed by atoms with E-state index in [4.69, 9.17) is 4.74 Å². The van der Waals surface area contributed by atoms with Crippen LogP contribution in [0, 0.1) is 6.92 Å². The summed E-state index contributed by atoms with van der Waals surface area (Å²) in [6, 6.07) is 15.9. The summed E-state index contributed by atoms with van der Waals surface area (Å²) >= 11 is 0. The second-order valence-corrected chi connectivity index (χ2v) is 4.77. The van der Waals surface area contributed by atoms with Crippen molar-refractivity contribution in [3.63, 3.8) is 0 Å². The molecule has 0 aromatic heterocycles. The number of ether oxygens (including phenoxy) is 1. The number of aryl methyl sites for hydroxylation is 1. The van der Waals surface area contributed by atoms with Gasteiger partial charge in [-0.3, -0.25) is 0 Å². The maximum atomic E-state index is 9.72. The Balaban J connectivity index is 1.96. The van der Waals surface area contributed by atoms with Crippen molar-refractivity contribution < 1.29 is 9.84 Å². The van der Waals surface area contributed by atoms with Crippen molar-refractivity contribution in [1.82, 2.24) is 0 Å². The molecule has 2 heteroatoms. The van der Waals surface area contributed by atoms with E-state index in [1.54, 1.807) is 0 Å². The second kappa shape index (κ2) is 6.39. The minimum absolute atomic E-state index is 0.383. The van der Waals surface area contributed by atoms with Crippen molar-refractivity contribution >= 4 is 0 Å². The second-order valence-electron chi connectivity index (χ2n) is 4.77. The predicted molar refractivity (Wildman–Crippen MR) is 77.2 cm³/mol. The minimum Gasteiger partial charge on any atom is -0.489 e. The van der Waals surface area contributed by atoms with Crippen LogP contribution in [0.4, 0.5) is 0 Å². The SMILES string of the molecule is CC[C@@H](O)c1ccc(OCc2cccc(C)c2)cc1. The first-order valence-electron chi connectivity index (χ1n) is 6.65. The van der Waals surface area contributed by atoms with Gasteiger partial charge in [0.05, 0.1) is 6.10 Å². The molecule has 0 aliphatic carbocycles. The van der Waals surface area contributed by atoms with E-state index in [1.165, 1.54) is 5.56 Å². The smallest absolute Gasteiger partial charge is 0.119 e. The average Bonchev–Trinajstić information content (AvgIpc) is 2.45. The molecular formula is C17H20O2. The van der Waals surface area contributed by atoms with Gasteiger partial charge in [0.2, 0.25) is 0 Å². The fourth-order valence-corrected chi connectivity index (χ4v) is 1.99. The van der Waals surface area contributed by atoms with Gasteiger partial charge in [-0.05, 0) is 36.6 Å². The van der Waals surface area contributed by atoms with Crippen LogP contribution in [-0.2, 0) is 6.61 Å². The van der Waals surface area contributed by atoms with Crippen LogP contribution < -0.4 is 4.74 Å². The molecular weight excluding hydrogens is 236 g/mol. The van der Waals surface area contributed by atoms with Crippen molar-refractivity contribution in [2.24, 2.45) is 0 Å². The zero-order chi connectivity index (χ0) is 13.7. The summed E-state index contributed by atoms with van der Waals surface area (Å²) in [7, 11) is 0. The van der Waals surface area contributed by atoms with E-state index in [2.05, 4.69) is 25.1 Å². The van der Waals surface area contributed by atoms with E-state index in [-0.39, 0.29) is 6.10 Å². The molecule has 0 saturated heterocycles. The highest BCUT2D eigenvalue weighted by atomic mass is 16.5. The third kappa shape index (κ3) is 3.83. The van der Waals surface area contributed by atoms with Crippen LogP contribution in [0.2, 0.25) is 0 Å². The Bertz CT molecular complexity index is 517. The molecule has 1 atom stereocenters. The fraction of sp³-hybridized carbons (Fsp3) is 0.294. The molecule has 0 saturated carbocycles. The summed E-state index contributed by atoms with van der Waals surface area (Å²) in [5, 5.41) is 9.72. The topological polar surface area (TPSA) is 29.5 Å². The van der Waals surface area contributed by atoms with Gasteiger partial charge < -0.3 is 9.84 Å². The lowest BCUT2D eigenvalue weighted by atomic mass is 10.1. The highest BCUT2D eigenvalue weighted by Crippen LogP contribution is 2.20. The minimum atomic E-state index is -0.383. The molecule has 2 rings (SSSR count). The Morgan fingerprint density at radius 1 is 1.11 bits per heavy atom. The molecule has 0 heterocycles. The number of aliphatic hydroxyl groups excluding tert-OH is 1. The van der Waals surface area contributed by atoms with Gasteiger partial charge in [0.15, 0.2) is 0 Å². The van der Waals surface area contributed by atoms with Crippen LogP contribution in [0.15, 0.2) is 48.5 Å². The number of hydrogen-bond acceptors (Lipinski definition) is 2. The lowest BCUT2D eigenvalue weighted by Crippen LogP contribution is -1.97. The zero-order valence-corrected chi connectivity index (χ0v) is 11.5. The van der Waals surface area contributed by atoms with Gasteiger partial charge in [0.1, 0.15) is 12.4 Å². The number of hydrogen-bond donors (Lipinski definition) is 1. The van der Waals surface area contributed by atoms with Gasteiger partial charge in [0, 0.05) is 0 Å². The number of benzene rings is 2. The zero-order valence-electron chi connectivity index (χ0n) is 11.5. The molecule has 1 N–H and O–H groups in total. The Morgan fingerprint density at radius 3 is 2.47 bits per heavy atom. The Labute approximate surface area is 114 Å². The molecule has 0 aliphatic rings. The van der Waals surface area contributed by atoms with Gasteiger partial charge in [-0.25, -0.2) is 0 Å². The standard InChI is InChI=1S/C17H20O2/c1-3-17(18)15-7-9-16(10-8-15)19-12-14-6-4-5-13(2)11-14/h4-11,17-18H,3,12H2,1-2H3/t17-/m1/s1. The molecule has 0 amide bonds. The maximum Gasteiger partial charge on any atom is 0.119 e. The van der Waals surface area contributed by atoms with Crippen molar-refractivity contribution in [2.75, 3.05) is 0 Å². The van der Waals surface area contributed by atoms with E-state index in [1.807, 2.05) is 37.3 Å². The normalized spacial score (nSPS) is 12.2. The first-order valence-corrected chi connectivity index (χ1v) is 6.65. The van der Waals surface area contributed by atoms with Gasteiger partial charge in [0.25, 0.3) is 0 Å². The van der Waals surface area contributed by atoms with Crippen molar-refractivity contribution in [2.45, 2.75) is 33.0 Å². The summed E-state index contributed by atoms with van der Waals surface area (Å²) in [5.74, 6) is 0.827. The molecule has 0 fully saturated rings. The summed E-state index contributed by atoms with van der Waals surface area (Å²) in [6.45, 7) is 4.61. The van der Waals surface area contributed by atoms with Crippen molar-refractivity contribution in [3.8, 4) is 5.75 Å². The van der Waals surface area contributed by atoms with E-state index >= 15 is 0 Å². The van der Waals surface area contributed by atoms with Crippen molar-refractivity contribution in [3.05, 3.63) is 65.2 Å². The van der Waals surface area contributed by atoms with Crippen LogP contribution in [0.3, 0.4) is 0 Å². The summed E-state index contributed by atoms with van der Waals surface area (Å²) < 4.78 is 5.73. The molecule has 0 radical (unpaired) electrons. The van der Waals surface area contributed by atoms with Crippen LogP contribution in [0.25, 0.3) is 0 Å².